The van der Waals surface area contributed by atoms with E-state index in [-0.39, 0.29) is 0 Å². The molecule has 2 heterocycles. The second-order valence-corrected chi connectivity index (χ2v) is 4.11. The van der Waals surface area contributed by atoms with Crippen molar-refractivity contribution >= 4 is 16.5 Å². The van der Waals surface area contributed by atoms with E-state index in [1.807, 2.05) is 19.0 Å². The quantitative estimate of drug-likeness (QED) is 0.729. The summed E-state index contributed by atoms with van der Waals surface area (Å²) in [7, 11) is 3.77. The van der Waals surface area contributed by atoms with Gasteiger partial charge in [0.2, 0.25) is 11.1 Å². The minimum absolute atomic E-state index is 0.505. The summed E-state index contributed by atoms with van der Waals surface area (Å²) in [5, 5.41) is 9.44. The molecule has 0 saturated heterocycles. The lowest BCUT2D eigenvalue weighted by Crippen LogP contribution is -2.07. The predicted molar refractivity (Wildman–Crippen MR) is 57.4 cm³/mol. The Hall–Kier alpha value is -1.56. The Morgan fingerprint density at radius 1 is 1.33 bits per heavy atom. The van der Waals surface area contributed by atoms with E-state index in [1.165, 1.54) is 23.6 Å². The van der Waals surface area contributed by atoms with Crippen molar-refractivity contribution in [2.45, 2.75) is 0 Å². The molecular weight excluding hydrogens is 215 g/mol. The van der Waals surface area contributed by atoms with Crippen molar-refractivity contribution in [3.8, 4) is 10.6 Å². The van der Waals surface area contributed by atoms with E-state index >= 15 is 0 Å². The van der Waals surface area contributed by atoms with Gasteiger partial charge in [0.1, 0.15) is 5.01 Å². The van der Waals surface area contributed by atoms with E-state index in [0.717, 1.165) is 5.13 Å². The van der Waals surface area contributed by atoms with Gasteiger partial charge in [0.15, 0.2) is 0 Å². The summed E-state index contributed by atoms with van der Waals surface area (Å²) in [5.41, 5.74) is 0.702. The third kappa shape index (κ3) is 2.10. The first-order valence-corrected chi connectivity index (χ1v) is 5.11. The highest BCUT2D eigenvalue weighted by molar-refractivity contribution is 7.18. The van der Waals surface area contributed by atoms with Crippen LogP contribution in [0.4, 0.5) is 9.52 Å². The number of nitrogens with zero attached hydrogens (tertiary/aromatic N) is 4. The predicted octanol–water partition coefficient (Wildman–Crippen LogP) is 1.81. The maximum atomic E-state index is 12.9. The summed E-state index contributed by atoms with van der Waals surface area (Å²) in [6.45, 7) is 0. The first-order chi connectivity index (χ1) is 7.16. The lowest BCUT2D eigenvalue weighted by atomic mass is 10.3. The van der Waals surface area contributed by atoms with Gasteiger partial charge < -0.3 is 4.90 Å². The van der Waals surface area contributed by atoms with Crippen LogP contribution in [0.2, 0.25) is 0 Å². The van der Waals surface area contributed by atoms with Gasteiger partial charge >= 0.3 is 0 Å². The molecule has 15 heavy (non-hydrogen) atoms. The maximum Gasteiger partial charge on any atom is 0.213 e. The number of aromatic nitrogens is 3. The first kappa shape index (κ1) is 9.97. The van der Waals surface area contributed by atoms with E-state index in [4.69, 9.17) is 0 Å². The molecule has 0 fully saturated rings. The summed E-state index contributed by atoms with van der Waals surface area (Å²) in [4.78, 5) is 5.35. The van der Waals surface area contributed by atoms with Gasteiger partial charge in [-0.15, -0.1) is 10.2 Å². The van der Waals surface area contributed by atoms with Crippen LogP contribution in [0.1, 0.15) is 0 Å². The van der Waals surface area contributed by atoms with Crippen LogP contribution < -0.4 is 4.90 Å². The number of pyridine rings is 1. The smallest absolute Gasteiger partial charge is 0.213 e. The Morgan fingerprint density at radius 3 is 2.73 bits per heavy atom. The molecule has 0 amide bonds. The molecule has 0 aliphatic carbocycles. The molecule has 0 unspecified atom stereocenters. The van der Waals surface area contributed by atoms with Crippen LogP contribution in [0.3, 0.4) is 0 Å². The normalized spacial score (nSPS) is 10.3. The van der Waals surface area contributed by atoms with E-state index in [0.29, 0.717) is 10.6 Å². The van der Waals surface area contributed by atoms with Crippen LogP contribution in [0.15, 0.2) is 18.3 Å². The van der Waals surface area contributed by atoms with Gasteiger partial charge in [-0.2, -0.15) is 4.39 Å². The highest BCUT2D eigenvalue weighted by Gasteiger charge is 2.08. The summed E-state index contributed by atoms with van der Waals surface area (Å²) < 4.78 is 12.9. The lowest BCUT2D eigenvalue weighted by Gasteiger charge is -2.03. The SMILES string of the molecule is CN(C)c1nnc(-c2ccnc(F)c2)s1. The van der Waals surface area contributed by atoms with Gasteiger partial charge in [0.25, 0.3) is 0 Å². The monoisotopic (exact) mass is 224 g/mol. The number of rotatable bonds is 2. The Bertz CT molecular complexity index is 469. The van der Waals surface area contributed by atoms with Crippen LogP contribution in [-0.2, 0) is 0 Å². The minimum atomic E-state index is -0.505. The van der Waals surface area contributed by atoms with Gasteiger partial charge in [-0.25, -0.2) is 4.98 Å². The second-order valence-electron chi connectivity index (χ2n) is 3.15. The molecule has 6 heteroatoms. The number of hydrogen-bond acceptors (Lipinski definition) is 5. The molecule has 2 aromatic rings. The van der Waals surface area contributed by atoms with Crippen molar-refractivity contribution in [1.29, 1.82) is 0 Å². The van der Waals surface area contributed by atoms with Crippen molar-refractivity contribution in [3.05, 3.63) is 24.3 Å². The zero-order valence-electron chi connectivity index (χ0n) is 8.31. The Kier molecular flexibility index (Phi) is 2.59. The van der Waals surface area contributed by atoms with Crippen LogP contribution >= 0.6 is 11.3 Å². The molecule has 78 valence electrons. The molecule has 0 N–H and O–H groups in total. The van der Waals surface area contributed by atoms with Crippen molar-refractivity contribution in [2.75, 3.05) is 19.0 Å². The zero-order valence-corrected chi connectivity index (χ0v) is 9.12. The van der Waals surface area contributed by atoms with Crippen LogP contribution in [0.5, 0.6) is 0 Å². The molecule has 0 atom stereocenters. The van der Waals surface area contributed by atoms with E-state index in [9.17, 15) is 4.39 Å². The van der Waals surface area contributed by atoms with E-state index in [1.54, 1.807) is 6.07 Å². The minimum Gasteiger partial charge on any atom is -0.353 e. The lowest BCUT2D eigenvalue weighted by molar-refractivity contribution is 0.584. The Balaban J connectivity index is 2.37. The summed E-state index contributed by atoms with van der Waals surface area (Å²) in [6, 6.07) is 3.06. The zero-order chi connectivity index (χ0) is 10.8. The molecule has 2 aromatic heterocycles. The van der Waals surface area contributed by atoms with Crippen molar-refractivity contribution in [3.63, 3.8) is 0 Å². The van der Waals surface area contributed by atoms with Gasteiger partial charge in [0.05, 0.1) is 0 Å². The van der Waals surface area contributed by atoms with Gasteiger partial charge in [-0.05, 0) is 6.07 Å². The number of halogens is 1. The molecule has 0 bridgehead atoms. The van der Waals surface area contributed by atoms with Gasteiger partial charge in [-0.1, -0.05) is 11.3 Å². The summed E-state index contributed by atoms with van der Waals surface area (Å²) in [6.07, 6.45) is 1.42. The maximum absolute atomic E-state index is 12.9. The molecule has 4 nitrogen and oxygen atoms in total. The fraction of sp³-hybridized carbons (Fsp3) is 0.222. The second kappa shape index (κ2) is 3.90. The molecule has 0 aromatic carbocycles. The average molecular weight is 224 g/mol. The molecule has 2 rings (SSSR count). The molecule has 0 radical (unpaired) electrons. The standard InChI is InChI=1S/C9H9FN4S/c1-14(2)9-13-12-8(15-9)6-3-4-11-7(10)5-6/h3-5H,1-2H3. The molecule has 0 spiro atoms. The Morgan fingerprint density at radius 2 is 2.13 bits per heavy atom. The third-order valence-corrected chi connectivity index (χ3v) is 2.91. The summed E-state index contributed by atoms with van der Waals surface area (Å²) in [5.74, 6) is -0.505. The fourth-order valence-electron chi connectivity index (χ4n) is 1.05. The number of hydrogen-bond donors (Lipinski definition) is 0. The highest BCUT2D eigenvalue weighted by Crippen LogP contribution is 2.27. The molecule has 0 aliphatic rings. The molecule has 0 aliphatic heterocycles. The molecule has 0 saturated carbocycles. The largest absolute Gasteiger partial charge is 0.353 e. The number of anilines is 1. The highest BCUT2D eigenvalue weighted by atomic mass is 32.1. The fourth-order valence-corrected chi connectivity index (χ4v) is 1.81. The topological polar surface area (TPSA) is 41.9 Å². The van der Waals surface area contributed by atoms with Crippen LogP contribution in [0.25, 0.3) is 10.6 Å². The average Bonchev–Trinajstić information content (AvgIpc) is 2.66. The third-order valence-electron chi connectivity index (χ3n) is 1.77. The van der Waals surface area contributed by atoms with Crippen molar-refractivity contribution < 1.29 is 4.39 Å². The summed E-state index contributed by atoms with van der Waals surface area (Å²) >= 11 is 1.41. The van der Waals surface area contributed by atoms with E-state index < -0.39 is 5.95 Å². The van der Waals surface area contributed by atoms with Crippen molar-refractivity contribution in [1.82, 2.24) is 15.2 Å². The van der Waals surface area contributed by atoms with E-state index in [2.05, 4.69) is 15.2 Å². The van der Waals surface area contributed by atoms with Gasteiger partial charge in [0, 0.05) is 31.9 Å². The van der Waals surface area contributed by atoms with Crippen molar-refractivity contribution in [2.24, 2.45) is 0 Å². The van der Waals surface area contributed by atoms with Crippen LogP contribution in [-0.4, -0.2) is 29.3 Å². The first-order valence-electron chi connectivity index (χ1n) is 4.29. The molecular formula is C9H9FN4S. The van der Waals surface area contributed by atoms with Gasteiger partial charge in [-0.3, -0.25) is 0 Å². The Labute approximate surface area is 90.4 Å². The van der Waals surface area contributed by atoms with Crippen LogP contribution in [0, 0.1) is 5.95 Å².